The van der Waals surface area contributed by atoms with Crippen LogP contribution in [0.2, 0.25) is 0 Å². The van der Waals surface area contributed by atoms with Gasteiger partial charge in [-0.2, -0.15) is 0 Å². The van der Waals surface area contributed by atoms with E-state index >= 15 is 0 Å². The highest BCUT2D eigenvalue weighted by Crippen LogP contribution is 2.31. The SMILES string of the molecule is CCCOc1ccc([C@@H](C)NC(=O)c2ccc(C(C)=O)s2)cc1OCCC. The first-order valence-electron chi connectivity index (χ1n) is 9.27. The van der Waals surface area contributed by atoms with Gasteiger partial charge < -0.3 is 14.8 Å². The first kappa shape index (κ1) is 21.0. The van der Waals surface area contributed by atoms with Crippen LogP contribution in [0.25, 0.3) is 0 Å². The van der Waals surface area contributed by atoms with Gasteiger partial charge in [0.25, 0.3) is 5.91 Å². The van der Waals surface area contributed by atoms with Gasteiger partial charge in [0, 0.05) is 0 Å². The number of carbonyl (C=O) groups is 2. The zero-order valence-electron chi connectivity index (χ0n) is 16.3. The Balaban J connectivity index is 2.12. The molecule has 0 saturated carbocycles. The molecule has 1 atom stereocenters. The highest BCUT2D eigenvalue weighted by molar-refractivity contribution is 7.15. The Morgan fingerprint density at radius 2 is 1.63 bits per heavy atom. The molecule has 0 aliphatic carbocycles. The minimum Gasteiger partial charge on any atom is -0.490 e. The average molecular weight is 390 g/mol. The van der Waals surface area contributed by atoms with Crippen LogP contribution in [0, 0.1) is 0 Å². The summed E-state index contributed by atoms with van der Waals surface area (Å²) in [6.45, 7) is 8.76. The molecule has 2 aromatic rings. The standard InChI is InChI=1S/C21H27NO4S/c1-5-11-25-17-8-7-16(13-18(17)26-12-6-2)14(3)22-21(24)20-10-9-19(27-20)15(4)23/h7-10,13-14H,5-6,11-12H2,1-4H3,(H,22,24)/t14-/m1/s1. The normalized spacial score (nSPS) is 11.7. The van der Waals surface area contributed by atoms with E-state index < -0.39 is 0 Å². The molecule has 0 spiro atoms. The fourth-order valence-corrected chi connectivity index (χ4v) is 3.25. The van der Waals surface area contributed by atoms with Gasteiger partial charge in [0.1, 0.15) is 0 Å². The molecule has 0 fully saturated rings. The van der Waals surface area contributed by atoms with E-state index in [0.717, 1.165) is 24.2 Å². The zero-order valence-corrected chi connectivity index (χ0v) is 17.2. The van der Waals surface area contributed by atoms with Crippen molar-refractivity contribution in [2.75, 3.05) is 13.2 Å². The lowest BCUT2D eigenvalue weighted by Crippen LogP contribution is -2.25. The third-order valence-electron chi connectivity index (χ3n) is 3.92. The predicted octanol–water partition coefficient (Wildman–Crippen LogP) is 5.02. The molecule has 0 saturated heterocycles. The van der Waals surface area contributed by atoms with E-state index in [1.165, 1.54) is 18.3 Å². The number of hydrogen-bond acceptors (Lipinski definition) is 5. The second-order valence-electron chi connectivity index (χ2n) is 6.32. The molecule has 1 heterocycles. The van der Waals surface area contributed by atoms with Crippen LogP contribution in [0.15, 0.2) is 30.3 Å². The molecule has 1 aromatic heterocycles. The minimum atomic E-state index is -0.204. The maximum absolute atomic E-state index is 12.5. The van der Waals surface area contributed by atoms with Crippen LogP contribution in [0.1, 0.15) is 71.5 Å². The van der Waals surface area contributed by atoms with Gasteiger partial charge in [-0.25, -0.2) is 0 Å². The van der Waals surface area contributed by atoms with Crippen molar-refractivity contribution >= 4 is 23.0 Å². The Kier molecular flexibility index (Phi) is 7.85. The van der Waals surface area contributed by atoms with E-state index in [2.05, 4.69) is 19.2 Å². The van der Waals surface area contributed by atoms with Crippen molar-refractivity contribution in [3.63, 3.8) is 0 Å². The van der Waals surface area contributed by atoms with E-state index in [9.17, 15) is 9.59 Å². The number of thiophene rings is 1. The Hall–Kier alpha value is -2.34. The van der Waals surface area contributed by atoms with Crippen LogP contribution in [0.3, 0.4) is 0 Å². The summed E-state index contributed by atoms with van der Waals surface area (Å²) in [4.78, 5) is 25.0. The number of Topliss-reactive ketones (excluding diaryl/α,β-unsaturated/α-hetero) is 1. The van der Waals surface area contributed by atoms with Gasteiger partial charge in [0.05, 0.1) is 29.0 Å². The molecule has 146 valence electrons. The summed E-state index contributed by atoms with van der Waals surface area (Å²) in [5, 5.41) is 2.97. The third kappa shape index (κ3) is 5.82. The molecule has 5 nitrogen and oxygen atoms in total. The zero-order chi connectivity index (χ0) is 19.8. The molecular weight excluding hydrogens is 362 g/mol. The van der Waals surface area contributed by atoms with Crippen molar-refractivity contribution in [3.8, 4) is 11.5 Å². The molecule has 2 rings (SSSR count). The Morgan fingerprint density at radius 1 is 1.00 bits per heavy atom. The van der Waals surface area contributed by atoms with E-state index in [-0.39, 0.29) is 17.7 Å². The fraction of sp³-hybridized carbons (Fsp3) is 0.429. The van der Waals surface area contributed by atoms with Crippen LogP contribution >= 0.6 is 11.3 Å². The van der Waals surface area contributed by atoms with Crippen molar-refractivity contribution in [1.29, 1.82) is 0 Å². The smallest absolute Gasteiger partial charge is 0.261 e. The van der Waals surface area contributed by atoms with Crippen LogP contribution in [-0.4, -0.2) is 24.9 Å². The van der Waals surface area contributed by atoms with Gasteiger partial charge in [0.15, 0.2) is 17.3 Å². The van der Waals surface area contributed by atoms with Gasteiger partial charge in [-0.05, 0) is 56.5 Å². The lowest BCUT2D eigenvalue weighted by molar-refractivity contribution is 0.0943. The molecule has 0 aliphatic rings. The summed E-state index contributed by atoms with van der Waals surface area (Å²) in [5.74, 6) is 1.19. The fourth-order valence-electron chi connectivity index (χ4n) is 2.45. The molecule has 27 heavy (non-hydrogen) atoms. The summed E-state index contributed by atoms with van der Waals surface area (Å²) in [6.07, 6.45) is 1.82. The molecule has 0 unspecified atom stereocenters. The number of benzene rings is 1. The number of nitrogens with one attached hydrogen (secondary N) is 1. The van der Waals surface area contributed by atoms with E-state index in [1.807, 2.05) is 25.1 Å². The molecule has 0 radical (unpaired) electrons. The van der Waals surface area contributed by atoms with Crippen molar-refractivity contribution in [2.45, 2.75) is 46.6 Å². The summed E-state index contributed by atoms with van der Waals surface area (Å²) >= 11 is 1.21. The number of ketones is 1. The van der Waals surface area contributed by atoms with Crippen molar-refractivity contribution < 1.29 is 19.1 Å². The van der Waals surface area contributed by atoms with Gasteiger partial charge in [0.2, 0.25) is 0 Å². The first-order valence-corrected chi connectivity index (χ1v) is 10.1. The Morgan fingerprint density at radius 3 is 2.22 bits per heavy atom. The predicted molar refractivity (Wildman–Crippen MR) is 108 cm³/mol. The number of hydrogen-bond donors (Lipinski definition) is 1. The highest BCUT2D eigenvalue weighted by atomic mass is 32.1. The van der Waals surface area contributed by atoms with Gasteiger partial charge in [-0.15, -0.1) is 11.3 Å². The van der Waals surface area contributed by atoms with Gasteiger partial charge >= 0.3 is 0 Å². The summed E-state index contributed by atoms with van der Waals surface area (Å²) in [7, 11) is 0. The van der Waals surface area contributed by atoms with Crippen molar-refractivity contribution in [1.82, 2.24) is 5.32 Å². The van der Waals surface area contributed by atoms with E-state index in [4.69, 9.17) is 9.47 Å². The average Bonchev–Trinajstić information content (AvgIpc) is 3.15. The molecule has 0 bridgehead atoms. The largest absolute Gasteiger partial charge is 0.490 e. The monoisotopic (exact) mass is 389 g/mol. The molecule has 1 aromatic carbocycles. The molecule has 6 heteroatoms. The lowest BCUT2D eigenvalue weighted by atomic mass is 10.1. The minimum absolute atomic E-state index is 0.0347. The van der Waals surface area contributed by atoms with E-state index in [1.54, 1.807) is 12.1 Å². The third-order valence-corrected chi connectivity index (χ3v) is 5.10. The molecule has 0 aliphatic heterocycles. The van der Waals surface area contributed by atoms with Crippen LogP contribution in [0.4, 0.5) is 0 Å². The maximum Gasteiger partial charge on any atom is 0.261 e. The van der Waals surface area contributed by atoms with Crippen molar-refractivity contribution in [2.24, 2.45) is 0 Å². The summed E-state index contributed by atoms with van der Waals surface area (Å²) in [5.41, 5.74) is 0.932. The van der Waals surface area contributed by atoms with Gasteiger partial charge in [-0.3, -0.25) is 9.59 Å². The lowest BCUT2D eigenvalue weighted by Gasteiger charge is -2.17. The van der Waals surface area contributed by atoms with Crippen LogP contribution < -0.4 is 14.8 Å². The number of ether oxygens (including phenoxy) is 2. The van der Waals surface area contributed by atoms with Gasteiger partial charge in [-0.1, -0.05) is 19.9 Å². The quantitative estimate of drug-likeness (QED) is 0.580. The molecular formula is C21H27NO4S. The van der Waals surface area contributed by atoms with Crippen molar-refractivity contribution in [3.05, 3.63) is 45.6 Å². The molecule has 1 amide bonds. The highest BCUT2D eigenvalue weighted by Gasteiger charge is 2.16. The van der Waals surface area contributed by atoms with Crippen LogP contribution in [-0.2, 0) is 0 Å². The topological polar surface area (TPSA) is 64.6 Å². The van der Waals surface area contributed by atoms with Crippen LogP contribution in [0.5, 0.6) is 11.5 Å². The van der Waals surface area contributed by atoms with E-state index in [0.29, 0.717) is 28.7 Å². The Bertz CT molecular complexity index is 784. The number of carbonyl (C=O) groups excluding carboxylic acids is 2. The number of amides is 1. The number of rotatable bonds is 10. The summed E-state index contributed by atoms with van der Waals surface area (Å²) < 4.78 is 11.6. The Labute approximate surface area is 164 Å². The second kappa shape index (κ2) is 10.1. The first-order chi connectivity index (χ1) is 13.0. The maximum atomic E-state index is 12.5. The molecule has 1 N–H and O–H groups in total. The summed E-state index contributed by atoms with van der Waals surface area (Å²) in [6, 6.07) is 8.90. The second-order valence-corrected chi connectivity index (χ2v) is 7.40.